The van der Waals surface area contributed by atoms with Gasteiger partial charge in [0.1, 0.15) is 0 Å². The van der Waals surface area contributed by atoms with Crippen LogP contribution in [0, 0.1) is 18.3 Å². The van der Waals surface area contributed by atoms with Gasteiger partial charge >= 0.3 is 0 Å². The number of ether oxygens (including phenoxy) is 1. The summed E-state index contributed by atoms with van der Waals surface area (Å²) < 4.78 is 5.80. The lowest BCUT2D eigenvalue weighted by atomic mass is 9.67. The zero-order valence-corrected chi connectivity index (χ0v) is 11.5. The van der Waals surface area contributed by atoms with Crippen molar-refractivity contribution < 1.29 is 4.74 Å². The number of aryl methyl sites for hydroxylation is 1. The van der Waals surface area contributed by atoms with Crippen LogP contribution in [0.15, 0.2) is 24.3 Å². The van der Waals surface area contributed by atoms with Crippen molar-refractivity contribution in [3.8, 4) is 6.07 Å². The van der Waals surface area contributed by atoms with Gasteiger partial charge in [0.25, 0.3) is 0 Å². The van der Waals surface area contributed by atoms with Gasteiger partial charge in [-0.15, -0.1) is 0 Å². The van der Waals surface area contributed by atoms with Gasteiger partial charge in [0.05, 0.1) is 11.7 Å². The lowest BCUT2D eigenvalue weighted by molar-refractivity contribution is -0.0816. The number of hydrogen-bond acceptors (Lipinski definition) is 2. The summed E-state index contributed by atoms with van der Waals surface area (Å²) in [6.07, 6.45) is 2.42. The van der Waals surface area contributed by atoms with Crippen LogP contribution in [0.1, 0.15) is 44.2 Å². The van der Waals surface area contributed by atoms with Crippen molar-refractivity contribution in [2.24, 2.45) is 0 Å². The van der Waals surface area contributed by atoms with Crippen molar-refractivity contribution in [3.05, 3.63) is 35.4 Å². The lowest BCUT2D eigenvalue weighted by Crippen LogP contribution is -2.43. The summed E-state index contributed by atoms with van der Waals surface area (Å²) in [6.45, 7) is 7.07. The molecule has 0 unspecified atom stereocenters. The lowest BCUT2D eigenvalue weighted by Gasteiger charge is -2.44. The van der Waals surface area contributed by atoms with Crippen molar-refractivity contribution >= 4 is 0 Å². The fourth-order valence-electron chi connectivity index (χ4n) is 3.03. The number of benzene rings is 1. The molecule has 1 saturated heterocycles. The first-order valence-corrected chi connectivity index (χ1v) is 6.56. The molecule has 2 nitrogen and oxygen atoms in total. The highest BCUT2D eigenvalue weighted by Crippen LogP contribution is 2.43. The van der Waals surface area contributed by atoms with Gasteiger partial charge in [-0.3, -0.25) is 0 Å². The van der Waals surface area contributed by atoms with E-state index >= 15 is 0 Å². The zero-order valence-electron chi connectivity index (χ0n) is 11.5. The Hall–Kier alpha value is -1.33. The summed E-state index contributed by atoms with van der Waals surface area (Å²) in [7, 11) is 0. The Morgan fingerprint density at radius 3 is 2.50 bits per heavy atom. The quantitative estimate of drug-likeness (QED) is 0.792. The van der Waals surface area contributed by atoms with Gasteiger partial charge < -0.3 is 4.74 Å². The molecule has 2 heteroatoms. The van der Waals surface area contributed by atoms with Crippen molar-refractivity contribution in [3.63, 3.8) is 0 Å². The van der Waals surface area contributed by atoms with Crippen molar-refractivity contribution in [2.45, 2.75) is 51.0 Å². The summed E-state index contributed by atoms with van der Waals surface area (Å²) in [5.74, 6) is 0. The third-order valence-electron chi connectivity index (χ3n) is 3.92. The van der Waals surface area contributed by atoms with Crippen LogP contribution in [-0.4, -0.2) is 12.2 Å². The van der Waals surface area contributed by atoms with Crippen molar-refractivity contribution in [2.75, 3.05) is 6.61 Å². The number of hydrogen-bond donors (Lipinski definition) is 0. The Morgan fingerprint density at radius 1 is 1.28 bits per heavy atom. The Kier molecular flexibility index (Phi) is 3.45. The average Bonchev–Trinajstić information content (AvgIpc) is 2.28. The first-order chi connectivity index (χ1) is 8.47. The highest BCUT2D eigenvalue weighted by Gasteiger charge is 2.41. The van der Waals surface area contributed by atoms with Gasteiger partial charge in [-0.25, -0.2) is 0 Å². The van der Waals surface area contributed by atoms with E-state index in [9.17, 15) is 5.26 Å². The highest BCUT2D eigenvalue weighted by atomic mass is 16.5. The van der Waals surface area contributed by atoms with E-state index in [0.717, 1.165) is 19.4 Å². The maximum atomic E-state index is 9.18. The molecular formula is C16H21NO. The molecule has 0 N–H and O–H groups in total. The highest BCUT2D eigenvalue weighted by molar-refractivity contribution is 5.31. The molecule has 0 amide bonds. The van der Waals surface area contributed by atoms with E-state index in [4.69, 9.17) is 4.74 Å². The monoisotopic (exact) mass is 243 g/mol. The van der Waals surface area contributed by atoms with Crippen LogP contribution < -0.4 is 0 Å². The van der Waals surface area contributed by atoms with E-state index in [-0.39, 0.29) is 11.0 Å². The molecule has 96 valence electrons. The van der Waals surface area contributed by atoms with E-state index in [1.165, 1.54) is 11.1 Å². The van der Waals surface area contributed by atoms with Crippen molar-refractivity contribution in [1.82, 2.24) is 0 Å². The van der Waals surface area contributed by atoms with E-state index in [1.54, 1.807) is 0 Å². The first-order valence-electron chi connectivity index (χ1n) is 6.56. The third-order valence-corrected chi connectivity index (χ3v) is 3.92. The van der Waals surface area contributed by atoms with E-state index < -0.39 is 0 Å². The number of rotatable bonds is 2. The second-order valence-electron chi connectivity index (χ2n) is 6.02. The van der Waals surface area contributed by atoms with Crippen LogP contribution in [-0.2, 0) is 10.2 Å². The molecule has 1 aliphatic heterocycles. The number of nitriles is 1. The molecular weight excluding hydrogens is 222 g/mol. The maximum Gasteiger partial charge on any atom is 0.0635 e. The molecule has 1 aliphatic rings. The Bertz CT molecular complexity index is 455. The summed E-state index contributed by atoms with van der Waals surface area (Å²) in [5, 5.41) is 9.18. The van der Waals surface area contributed by atoms with Gasteiger partial charge in [0.2, 0.25) is 0 Å². The van der Waals surface area contributed by atoms with Crippen LogP contribution in [0.2, 0.25) is 0 Å². The average molecular weight is 243 g/mol. The van der Waals surface area contributed by atoms with E-state index in [0.29, 0.717) is 6.42 Å². The summed E-state index contributed by atoms with van der Waals surface area (Å²) in [4.78, 5) is 0. The molecule has 1 fully saturated rings. The molecule has 18 heavy (non-hydrogen) atoms. The second-order valence-corrected chi connectivity index (χ2v) is 6.02. The Balaban J connectivity index is 2.38. The van der Waals surface area contributed by atoms with E-state index in [2.05, 4.69) is 51.1 Å². The summed E-state index contributed by atoms with van der Waals surface area (Å²) in [5.41, 5.74) is 2.37. The molecule has 0 saturated carbocycles. The standard InChI is InChI=1S/C16H21NO/c1-13-4-6-14(7-5-13)16(8-10-17)9-11-18-15(2,3)12-16/h4-7H,8-9,11-12H2,1-3H3/t16-/m1/s1. The summed E-state index contributed by atoms with van der Waals surface area (Å²) in [6, 6.07) is 11.0. The molecule has 0 bridgehead atoms. The predicted molar refractivity (Wildman–Crippen MR) is 72.4 cm³/mol. The SMILES string of the molecule is Cc1ccc([C@]2(CC#N)CCOC(C)(C)C2)cc1. The van der Waals surface area contributed by atoms with Crippen LogP contribution in [0.3, 0.4) is 0 Å². The molecule has 0 radical (unpaired) electrons. The maximum absolute atomic E-state index is 9.18. The van der Waals surface area contributed by atoms with Gasteiger partial charge in [0.15, 0.2) is 0 Å². The fourth-order valence-corrected chi connectivity index (χ4v) is 3.03. The van der Waals surface area contributed by atoms with E-state index in [1.807, 2.05) is 0 Å². The minimum absolute atomic E-state index is 0.0375. The minimum atomic E-state index is -0.139. The van der Waals surface area contributed by atoms with Crippen LogP contribution >= 0.6 is 0 Å². The smallest absolute Gasteiger partial charge is 0.0635 e. The molecule has 0 aliphatic carbocycles. The Morgan fingerprint density at radius 2 is 1.94 bits per heavy atom. The zero-order chi connectivity index (χ0) is 13.2. The molecule has 1 aromatic carbocycles. The number of nitrogens with zero attached hydrogens (tertiary/aromatic N) is 1. The Labute approximate surface area is 110 Å². The topological polar surface area (TPSA) is 33.0 Å². The summed E-state index contributed by atoms with van der Waals surface area (Å²) >= 11 is 0. The van der Waals surface area contributed by atoms with Gasteiger partial charge in [0, 0.05) is 18.4 Å². The molecule has 2 rings (SSSR count). The van der Waals surface area contributed by atoms with Gasteiger partial charge in [-0.1, -0.05) is 29.8 Å². The second kappa shape index (κ2) is 4.74. The normalized spacial score (nSPS) is 26.6. The van der Waals surface area contributed by atoms with Gasteiger partial charge in [-0.05, 0) is 39.2 Å². The molecule has 0 spiro atoms. The van der Waals surface area contributed by atoms with Crippen LogP contribution in [0.25, 0.3) is 0 Å². The molecule has 1 atom stereocenters. The van der Waals surface area contributed by atoms with Crippen LogP contribution in [0.5, 0.6) is 0 Å². The van der Waals surface area contributed by atoms with Gasteiger partial charge in [-0.2, -0.15) is 5.26 Å². The molecule has 1 aromatic rings. The largest absolute Gasteiger partial charge is 0.376 e. The van der Waals surface area contributed by atoms with Crippen LogP contribution in [0.4, 0.5) is 0 Å². The third kappa shape index (κ3) is 2.57. The molecule has 1 heterocycles. The fraction of sp³-hybridized carbons (Fsp3) is 0.562. The predicted octanol–water partition coefficient (Wildman–Crippen LogP) is 3.74. The minimum Gasteiger partial charge on any atom is -0.376 e. The van der Waals surface area contributed by atoms with Crippen molar-refractivity contribution in [1.29, 1.82) is 5.26 Å². The first kappa shape index (κ1) is 13.1. The molecule has 0 aromatic heterocycles.